The van der Waals surface area contributed by atoms with Crippen molar-refractivity contribution in [2.75, 3.05) is 6.16 Å². The molecule has 2 atom stereocenters. The Kier molecular flexibility index (Phi) is 2.27. The molecule has 0 saturated carbocycles. The van der Waals surface area contributed by atoms with Gasteiger partial charge in [-0.1, -0.05) is 22.6 Å². The maximum Gasteiger partial charge on any atom is 0.0128 e. The summed E-state index contributed by atoms with van der Waals surface area (Å²) in [5, 5.41) is 3.48. The summed E-state index contributed by atoms with van der Waals surface area (Å²) in [4.78, 5) is 0. The Bertz CT molecular complexity index is 66.9. The predicted molar refractivity (Wildman–Crippen MR) is 39.6 cm³/mol. The van der Waals surface area contributed by atoms with Crippen LogP contribution < -0.4 is 5.09 Å². The Morgan fingerprint density at radius 2 is 2.38 bits per heavy atom. The zero-order chi connectivity index (χ0) is 5.98. The van der Waals surface area contributed by atoms with E-state index in [2.05, 4.69) is 18.9 Å². The van der Waals surface area contributed by atoms with Crippen molar-refractivity contribution in [1.29, 1.82) is 0 Å². The average Bonchev–Trinajstić information content (AvgIpc) is 2.12. The molecule has 1 rings (SSSR count). The van der Waals surface area contributed by atoms with E-state index in [0.29, 0.717) is 0 Å². The number of rotatable bonds is 1. The molecular formula is C6H14NP. The lowest BCUT2D eigenvalue weighted by Crippen LogP contribution is -2.22. The topological polar surface area (TPSA) is 12.0 Å². The van der Waals surface area contributed by atoms with Crippen molar-refractivity contribution in [3.05, 3.63) is 0 Å². The van der Waals surface area contributed by atoms with E-state index >= 15 is 0 Å². The first-order chi connectivity index (χ1) is 3.80. The van der Waals surface area contributed by atoms with Crippen LogP contribution in [-0.4, -0.2) is 12.2 Å². The Hall–Kier alpha value is 0.390. The third kappa shape index (κ3) is 1.43. The van der Waals surface area contributed by atoms with Crippen molar-refractivity contribution >= 4 is 8.73 Å². The number of nitrogens with one attached hydrogen (secondary N) is 1. The van der Waals surface area contributed by atoms with Crippen LogP contribution in [0.25, 0.3) is 0 Å². The normalized spacial score (nSPS) is 32.6. The van der Waals surface area contributed by atoms with Gasteiger partial charge < -0.3 is 0 Å². The molecular weight excluding hydrogens is 117 g/mol. The maximum atomic E-state index is 3.48. The largest absolute Gasteiger partial charge is 0.295 e. The molecule has 1 heterocycles. The fourth-order valence-corrected chi connectivity index (χ4v) is 2.34. The highest BCUT2D eigenvalue weighted by Gasteiger charge is 2.16. The minimum Gasteiger partial charge on any atom is -0.295 e. The van der Waals surface area contributed by atoms with Gasteiger partial charge in [-0.15, -0.1) is 0 Å². The molecule has 0 aromatic carbocycles. The van der Waals surface area contributed by atoms with Gasteiger partial charge in [-0.3, -0.25) is 5.09 Å². The summed E-state index contributed by atoms with van der Waals surface area (Å²) in [6.45, 7) is 4.57. The van der Waals surface area contributed by atoms with E-state index in [1.165, 1.54) is 12.6 Å². The van der Waals surface area contributed by atoms with Gasteiger partial charge in [0.1, 0.15) is 0 Å². The molecule has 1 aliphatic heterocycles. The molecule has 0 amide bonds. The van der Waals surface area contributed by atoms with E-state index in [-0.39, 0.29) is 0 Å². The van der Waals surface area contributed by atoms with Crippen LogP contribution in [0.5, 0.6) is 0 Å². The van der Waals surface area contributed by atoms with Crippen LogP contribution >= 0.6 is 8.73 Å². The lowest BCUT2D eigenvalue weighted by Gasteiger charge is -2.12. The quantitative estimate of drug-likeness (QED) is 0.533. The molecule has 48 valence electrons. The molecule has 1 N–H and O–H groups in total. The smallest absolute Gasteiger partial charge is 0.0128 e. The third-order valence-corrected chi connectivity index (χ3v) is 2.79. The van der Waals surface area contributed by atoms with Crippen LogP contribution in [0.1, 0.15) is 20.3 Å². The van der Waals surface area contributed by atoms with E-state index in [4.69, 9.17) is 0 Å². The molecule has 0 bridgehead atoms. The SMILES string of the molecule is CC(C)C1CCPN1. The standard InChI is InChI=1S/C6H14NP/c1-5(2)6-3-4-8-7-6/h5-8H,3-4H2,1-2H3. The van der Waals surface area contributed by atoms with Gasteiger partial charge >= 0.3 is 0 Å². The highest BCUT2D eigenvalue weighted by atomic mass is 31.1. The minimum absolute atomic E-state index is 0.827. The molecule has 2 heteroatoms. The van der Waals surface area contributed by atoms with Crippen molar-refractivity contribution in [1.82, 2.24) is 5.09 Å². The first kappa shape index (κ1) is 6.51. The Morgan fingerprint density at radius 1 is 1.62 bits per heavy atom. The van der Waals surface area contributed by atoms with E-state index in [1.54, 1.807) is 0 Å². The zero-order valence-electron chi connectivity index (χ0n) is 5.57. The lowest BCUT2D eigenvalue weighted by molar-refractivity contribution is 0.473. The van der Waals surface area contributed by atoms with Crippen molar-refractivity contribution in [2.45, 2.75) is 26.3 Å². The van der Waals surface area contributed by atoms with E-state index < -0.39 is 0 Å². The van der Waals surface area contributed by atoms with Crippen LogP contribution in [0.15, 0.2) is 0 Å². The monoisotopic (exact) mass is 131 g/mol. The van der Waals surface area contributed by atoms with Crippen LogP contribution in [-0.2, 0) is 0 Å². The van der Waals surface area contributed by atoms with Gasteiger partial charge in [-0.2, -0.15) is 0 Å². The van der Waals surface area contributed by atoms with Crippen LogP contribution in [0.3, 0.4) is 0 Å². The fraction of sp³-hybridized carbons (Fsp3) is 1.00. The van der Waals surface area contributed by atoms with Crippen LogP contribution in [0.4, 0.5) is 0 Å². The average molecular weight is 131 g/mol. The molecule has 0 aromatic rings. The molecule has 2 unspecified atom stereocenters. The maximum absolute atomic E-state index is 3.48. The molecule has 1 saturated heterocycles. The summed E-state index contributed by atoms with van der Waals surface area (Å²) >= 11 is 0. The van der Waals surface area contributed by atoms with Crippen molar-refractivity contribution in [2.24, 2.45) is 5.92 Å². The lowest BCUT2D eigenvalue weighted by atomic mass is 10.0. The first-order valence-corrected chi connectivity index (χ1v) is 4.50. The van der Waals surface area contributed by atoms with Gasteiger partial charge in [0, 0.05) is 6.04 Å². The van der Waals surface area contributed by atoms with E-state index in [1.807, 2.05) is 0 Å². The first-order valence-electron chi connectivity index (χ1n) is 3.29. The van der Waals surface area contributed by atoms with Crippen molar-refractivity contribution < 1.29 is 0 Å². The van der Waals surface area contributed by atoms with Crippen molar-refractivity contribution in [3.8, 4) is 0 Å². The molecule has 1 aliphatic rings. The van der Waals surface area contributed by atoms with Gasteiger partial charge in [0.15, 0.2) is 0 Å². The van der Waals surface area contributed by atoms with Crippen LogP contribution in [0.2, 0.25) is 0 Å². The highest BCUT2D eigenvalue weighted by Crippen LogP contribution is 2.22. The van der Waals surface area contributed by atoms with Gasteiger partial charge in [0.2, 0.25) is 0 Å². The summed E-state index contributed by atoms with van der Waals surface area (Å²) in [6.07, 6.45) is 2.80. The van der Waals surface area contributed by atoms with Gasteiger partial charge in [-0.05, 0) is 18.5 Å². The second kappa shape index (κ2) is 2.80. The molecule has 8 heavy (non-hydrogen) atoms. The van der Waals surface area contributed by atoms with E-state index in [9.17, 15) is 0 Å². The van der Waals surface area contributed by atoms with Gasteiger partial charge in [0.25, 0.3) is 0 Å². The summed E-state index contributed by atoms with van der Waals surface area (Å²) in [7, 11) is 1.03. The molecule has 0 aliphatic carbocycles. The Labute approximate surface area is 53.1 Å². The molecule has 1 nitrogen and oxygen atoms in total. The molecule has 0 radical (unpaired) electrons. The third-order valence-electron chi connectivity index (χ3n) is 1.67. The molecule has 0 aromatic heterocycles. The number of hydrogen-bond donors (Lipinski definition) is 1. The Balaban J connectivity index is 2.24. The predicted octanol–water partition coefficient (Wildman–Crippen LogP) is 1.60. The van der Waals surface area contributed by atoms with E-state index in [0.717, 1.165) is 20.7 Å². The fourth-order valence-electron chi connectivity index (χ4n) is 1.00. The molecule has 0 spiro atoms. The molecule has 1 fully saturated rings. The Morgan fingerprint density at radius 3 is 2.62 bits per heavy atom. The van der Waals surface area contributed by atoms with Crippen LogP contribution in [0, 0.1) is 5.92 Å². The second-order valence-corrected chi connectivity index (χ2v) is 3.85. The van der Waals surface area contributed by atoms with Gasteiger partial charge in [-0.25, -0.2) is 0 Å². The second-order valence-electron chi connectivity index (χ2n) is 2.71. The highest BCUT2D eigenvalue weighted by molar-refractivity contribution is 7.36. The zero-order valence-corrected chi connectivity index (χ0v) is 6.57. The summed E-state index contributed by atoms with van der Waals surface area (Å²) in [5.41, 5.74) is 0. The number of hydrogen-bond acceptors (Lipinski definition) is 1. The van der Waals surface area contributed by atoms with Crippen molar-refractivity contribution in [3.63, 3.8) is 0 Å². The van der Waals surface area contributed by atoms with Gasteiger partial charge in [0.05, 0.1) is 0 Å². The summed E-state index contributed by atoms with van der Waals surface area (Å²) in [6, 6.07) is 0.827. The summed E-state index contributed by atoms with van der Waals surface area (Å²) < 4.78 is 0. The summed E-state index contributed by atoms with van der Waals surface area (Å²) in [5.74, 6) is 0.838. The minimum atomic E-state index is 0.827.